The molecule has 0 radical (unpaired) electrons. The molecule has 3 N–H and O–H groups in total. The standard InChI is InChI=1S/C17H17ClN2O3S/c1-11-2-4-12(5-3-11)9-24-10-16(22)19-20-17(23)14-8-13(18)6-7-15(14)21/h2-8,21H,9-10H2,1H3,(H,19,22)(H,20,23). The molecule has 24 heavy (non-hydrogen) atoms. The van der Waals surface area contributed by atoms with Crippen LogP contribution in [0.2, 0.25) is 5.02 Å². The van der Waals surface area contributed by atoms with Crippen LogP contribution in [-0.2, 0) is 10.5 Å². The lowest BCUT2D eigenvalue weighted by Gasteiger charge is -2.09. The topological polar surface area (TPSA) is 78.4 Å². The van der Waals surface area contributed by atoms with E-state index in [1.165, 1.54) is 35.5 Å². The van der Waals surface area contributed by atoms with Gasteiger partial charge in [-0.3, -0.25) is 20.4 Å². The molecule has 126 valence electrons. The molecule has 0 saturated heterocycles. The van der Waals surface area contributed by atoms with Gasteiger partial charge in [0.2, 0.25) is 5.91 Å². The highest BCUT2D eigenvalue weighted by Gasteiger charge is 2.12. The zero-order valence-corrected chi connectivity index (χ0v) is 14.6. The second-order valence-corrected chi connectivity index (χ2v) is 6.56. The number of rotatable bonds is 5. The van der Waals surface area contributed by atoms with E-state index in [9.17, 15) is 14.7 Å². The minimum absolute atomic E-state index is 0.00453. The molecule has 0 heterocycles. The number of amides is 2. The van der Waals surface area contributed by atoms with Crippen LogP contribution in [0.3, 0.4) is 0 Å². The highest BCUT2D eigenvalue weighted by atomic mass is 35.5. The van der Waals surface area contributed by atoms with E-state index < -0.39 is 5.91 Å². The summed E-state index contributed by atoms with van der Waals surface area (Å²) in [6.07, 6.45) is 0. The quantitative estimate of drug-likeness (QED) is 0.712. The molecule has 2 amide bonds. The van der Waals surface area contributed by atoms with E-state index in [2.05, 4.69) is 10.9 Å². The fourth-order valence-electron chi connectivity index (χ4n) is 1.87. The average Bonchev–Trinajstić information content (AvgIpc) is 2.56. The molecule has 0 saturated carbocycles. The zero-order chi connectivity index (χ0) is 17.5. The van der Waals surface area contributed by atoms with E-state index >= 15 is 0 Å². The van der Waals surface area contributed by atoms with Crippen molar-refractivity contribution in [1.82, 2.24) is 10.9 Å². The van der Waals surface area contributed by atoms with Crippen molar-refractivity contribution < 1.29 is 14.7 Å². The summed E-state index contributed by atoms with van der Waals surface area (Å²) in [5.74, 6) is -0.263. The van der Waals surface area contributed by atoms with Gasteiger partial charge in [-0.1, -0.05) is 41.4 Å². The summed E-state index contributed by atoms with van der Waals surface area (Å²) in [5.41, 5.74) is 6.88. The predicted octanol–water partition coefficient (Wildman–Crippen LogP) is 3.05. The number of hydrogen-bond donors (Lipinski definition) is 3. The molecule has 5 nitrogen and oxygen atoms in total. The van der Waals surface area contributed by atoms with Crippen LogP contribution < -0.4 is 10.9 Å². The number of carbonyl (C=O) groups is 2. The van der Waals surface area contributed by atoms with Gasteiger partial charge in [-0.2, -0.15) is 0 Å². The molecular weight excluding hydrogens is 348 g/mol. The number of phenols is 1. The van der Waals surface area contributed by atoms with Gasteiger partial charge in [0.15, 0.2) is 0 Å². The third kappa shape index (κ3) is 5.47. The Kier molecular flexibility index (Phi) is 6.52. The first-order valence-corrected chi connectivity index (χ1v) is 8.70. The van der Waals surface area contributed by atoms with Gasteiger partial charge >= 0.3 is 0 Å². The monoisotopic (exact) mass is 364 g/mol. The first-order valence-electron chi connectivity index (χ1n) is 7.16. The van der Waals surface area contributed by atoms with Gasteiger partial charge in [-0.25, -0.2) is 0 Å². The second-order valence-electron chi connectivity index (χ2n) is 5.14. The number of aromatic hydroxyl groups is 1. The van der Waals surface area contributed by atoms with E-state index in [1.807, 2.05) is 31.2 Å². The molecule has 0 aliphatic carbocycles. The van der Waals surface area contributed by atoms with E-state index in [-0.39, 0.29) is 23.0 Å². The summed E-state index contributed by atoms with van der Waals surface area (Å²) in [4.78, 5) is 23.6. The molecule has 2 rings (SSSR count). The van der Waals surface area contributed by atoms with Crippen LogP contribution in [0.15, 0.2) is 42.5 Å². The van der Waals surface area contributed by atoms with Crippen molar-refractivity contribution in [2.24, 2.45) is 0 Å². The first kappa shape index (κ1) is 18.2. The Morgan fingerprint density at radius 1 is 1.12 bits per heavy atom. The van der Waals surface area contributed by atoms with Gasteiger partial charge in [0.1, 0.15) is 5.75 Å². The van der Waals surface area contributed by atoms with Crippen LogP contribution >= 0.6 is 23.4 Å². The fraction of sp³-hybridized carbons (Fsp3) is 0.176. The smallest absolute Gasteiger partial charge is 0.273 e. The predicted molar refractivity (Wildman–Crippen MR) is 96.1 cm³/mol. The Labute approximate surface area is 149 Å². The first-order chi connectivity index (χ1) is 11.5. The summed E-state index contributed by atoms with van der Waals surface area (Å²) in [6, 6.07) is 12.2. The van der Waals surface area contributed by atoms with Crippen molar-refractivity contribution in [2.75, 3.05) is 5.75 Å². The van der Waals surface area contributed by atoms with Gasteiger partial charge in [-0.05, 0) is 30.7 Å². The molecule has 0 aliphatic heterocycles. The molecule has 2 aromatic carbocycles. The van der Waals surface area contributed by atoms with E-state index in [0.717, 1.165) is 5.56 Å². The van der Waals surface area contributed by atoms with Crippen molar-refractivity contribution in [3.63, 3.8) is 0 Å². The summed E-state index contributed by atoms with van der Waals surface area (Å²) < 4.78 is 0. The molecule has 0 aromatic heterocycles. The van der Waals surface area contributed by atoms with Gasteiger partial charge in [0.05, 0.1) is 11.3 Å². The van der Waals surface area contributed by atoms with Gasteiger partial charge < -0.3 is 5.11 Å². The zero-order valence-electron chi connectivity index (χ0n) is 13.0. The summed E-state index contributed by atoms with van der Waals surface area (Å²) >= 11 is 7.22. The number of benzene rings is 2. The van der Waals surface area contributed by atoms with Crippen LogP contribution in [0.1, 0.15) is 21.5 Å². The van der Waals surface area contributed by atoms with Crippen LogP contribution in [0.4, 0.5) is 0 Å². The lowest BCUT2D eigenvalue weighted by molar-refractivity contribution is -0.119. The molecular formula is C17H17ClN2O3S. The van der Waals surface area contributed by atoms with Crippen LogP contribution in [0.5, 0.6) is 5.75 Å². The maximum atomic E-state index is 11.9. The van der Waals surface area contributed by atoms with E-state index in [0.29, 0.717) is 10.8 Å². The number of hydrazine groups is 1. The molecule has 0 atom stereocenters. The Balaban J connectivity index is 1.75. The Bertz CT molecular complexity index is 735. The Morgan fingerprint density at radius 3 is 2.54 bits per heavy atom. The molecule has 0 bridgehead atoms. The average molecular weight is 365 g/mol. The highest BCUT2D eigenvalue weighted by molar-refractivity contribution is 7.99. The molecule has 0 spiro atoms. The maximum absolute atomic E-state index is 11.9. The van der Waals surface area contributed by atoms with Gasteiger partial charge in [-0.15, -0.1) is 11.8 Å². The number of carbonyl (C=O) groups excluding carboxylic acids is 2. The van der Waals surface area contributed by atoms with Crippen molar-refractivity contribution in [3.8, 4) is 5.75 Å². The van der Waals surface area contributed by atoms with Gasteiger partial charge in [0, 0.05) is 10.8 Å². The number of halogens is 1. The third-order valence-corrected chi connectivity index (χ3v) is 4.38. The van der Waals surface area contributed by atoms with Gasteiger partial charge in [0.25, 0.3) is 5.91 Å². The summed E-state index contributed by atoms with van der Waals surface area (Å²) in [6.45, 7) is 2.02. The normalized spacial score (nSPS) is 10.2. The van der Waals surface area contributed by atoms with E-state index in [4.69, 9.17) is 11.6 Å². The van der Waals surface area contributed by atoms with Crippen LogP contribution in [0.25, 0.3) is 0 Å². The third-order valence-electron chi connectivity index (χ3n) is 3.14. The second kappa shape index (κ2) is 8.61. The molecule has 0 aliphatic rings. The number of aryl methyl sites for hydroxylation is 1. The lowest BCUT2D eigenvalue weighted by atomic mass is 10.2. The van der Waals surface area contributed by atoms with Crippen molar-refractivity contribution in [3.05, 3.63) is 64.2 Å². The van der Waals surface area contributed by atoms with Crippen LogP contribution in [-0.4, -0.2) is 22.7 Å². The largest absolute Gasteiger partial charge is 0.507 e. The number of thioether (sulfide) groups is 1. The highest BCUT2D eigenvalue weighted by Crippen LogP contribution is 2.21. The Morgan fingerprint density at radius 2 is 1.83 bits per heavy atom. The minimum Gasteiger partial charge on any atom is -0.507 e. The van der Waals surface area contributed by atoms with E-state index in [1.54, 1.807) is 0 Å². The van der Waals surface area contributed by atoms with Crippen molar-refractivity contribution in [2.45, 2.75) is 12.7 Å². The molecule has 0 unspecified atom stereocenters. The number of hydrogen-bond acceptors (Lipinski definition) is 4. The molecule has 0 fully saturated rings. The van der Waals surface area contributed by atoms with Crippen molar-refractivity contribution in [1.29, 1.82) is 0 Å². The summed E-state index contributed by atoms with van der Waals surface area (Å²) in [5, 5.41) is 9.94. The molecule has 2 aromatic rings. The number of nitrogens with one attached hydrogen (secondary N) is 2. The Hall–Kier alpha value is -2.18. The molecule has 7 heteroatoms. The van der Waals surface area contributed by atoms with Crippen molar-refractivity contribution >= 4 is 35.2 Å². The van der Waals surface area contributed by atoms with Crippen LogP contribution in [0, 0.1) is 6.92 Å². The fourth-order valence-corrected chi connectivity index (χ4v) is 2.83. The summed E-state index contributed by atoms with van der Waals surface area (Å²) in [7, 11) is 0. The number of phenolic OH excluding ortho intramolecular Hbond substituents is 1. The maximum Gasteiger partial charge on any atom is 0.273 e. The lowest BCUT2D eigenvalue weighted by Crippen LogP contribution is -2.42. The minimum atomic E-state index is -0.633. The SMILES string of the molecule is Cc1ccc(CSCC(=O)NNC(=O)c2cc(Cl)ccc2O)cc1.